The number of hydrogen-bond acceptors (Lipinski definition) is 2. The van der Waals surface area contributed by atoms with E-state index in [0.717, 1.165) is 23.8 Å². The van der Waals surface area contributed by atoms with Crippen LogP contribution in [0.1, 0.15) is 11.1 Å². The van der Waals surface area contributed by atoms with Crippen molar-refractivity contribution in [2.75, 3.05) is 14.2 Å². The first-order valence-corrected chi connectivity index (χ1v) is 37.1. The third-order valence-electron chi connectivity index (χ3n) is 10.3. The molecular formula is C52H48Cl8Mn2O2P2. The fraction of sp³-hybridized carbons (Fsp3) is 0.0769. The first-order valence-electron chi connectivity index (χ1n) is 20.2. The zero-order valence-electron chi connectivity index (χ0n) is 35.8. The Bertz CT molecular complexity index is 2190. The molecule has 0 saturated carbocycles. The van der Waals surface area contributed by atoms with E-state index in [0.29, 0.717) is 0 Å². The fourth-order valence-corrected chi connectivity index (χ4v) is 16.0. The maximum atomic E-state index is 5.36. The van der Waals surface area contributed by atoms with Gasteiger partial charge >= 0.3 is 99.2 Å². The molecule has 0 unspecified atom stereocenters. The van der Waals surface area contributed by atoms with Crippen molar-refractivity contribution in [1.29, 1.82) is 0 Å². The van der Waals surface area contributed by atoms with E-state index in [9.17, 15) is 0 Å². The van der Waals surface area contributed by atoms with Gasteiger partial charge in [-0.3, -0.25) is 0 Å². The van der Waals surface area contributed by atoms with Gasteiger partial charge in [0.2, 0.25) is 0 Å². The molecule has 66 heavy (non-hydrogen) atoms. The van der Waals surface area contributed by atoms with Crippen molar-refractivity contribution in [3.8, 4) is 11.5 Å². The molecule has 0 fully saturated rings. The van der Waals surface area contributed by atoms with E-state index in [2.05, 4.69) is 231 Å². The number of halogens is 8. The van der Waals surface area contributed by atoms with Crippen LogP contribution in [0.15, 0.2) is 231 Å². The Morgan fingerprint density at radius 2 is 0.455 bits per heavy atom. The Hall–Kier alpha value is -2.42. The molecule has 2 nitrogen and oxygen atoms in total. The van der Waals surface area contributed by atoms with Crippen LogP contribution in [0.5, 0.6) is 11.5 Å². The standard InChI is InChI=1S/2C26H24OP.8ClH.2Mn/c2*1-27-23-19-17-22(18-20-23)21-28(24-11-5-2-6-12-24,25-13-7-3-8-14-25)26-15-9-4-10-16-26;;;;;;;;;;/h2*2-20H,21H2,1H3;8*1H;;/q2*+1;;;;;;;;;2*+3/p-8. The molecule has 0 aliphatic rings. The summed E-state index contributed by atoms with van der Waals surface area (Å²) in [4.78, 5) is 0. The van der Waals surface area contributed by atoms with Crippen LogP contribution in [-0.4, -0.2) is 14.2 Å². The molecule has 348 valence electrons. The first-order chi connectivity index (χ1) is 31.7. The Morgan fingerprint density at radius 1 is 0.288 bits per heavy atom. The van der Waals surface area contributed by atoms with Gasteiger partial charge in [0.15, 0.2) is 0 Å². The quantitative estimate of drug-likeness (QED) is 0.0897. The SMILES string of the molecule is COc1ccc(C[P+](c2ccccc2)(c2ccccc2)c2ccccc2)cc1.COc1ccc(C[P+](c2ccccc2)(c2ccccc2)c2ccccc2)cc1.[Cl][Mn-]([Cl])([Cl])[Cl].[Cl][Mn-]([Cl])([Cl])[Cl]. The van der Waals surface area contributed by atoms with E-state index in [1.807, 2.05) is 0 Å². The monoisotopic (exact) mass is 1160 g/mol. The van der Waals surface area contributed by atoms with Gasteiger partial charge in [-0.2, -0.15) is 0 Å². The molecule has 0 radical (unpaired) electrons. The summed E-state index contributed by atoms with van der Waals surface area (Å²) in [6.07, 6.45) is 1.96. The molecule has 8 rings (SSSR count). The number of hydrogen-bond donors (Lipinski definition) is 0. The Morgan fingerprint density at radius 3 is 0.606 bits per heavy atom. The van der Waals surface area contributed by atoms with Crippen molar-refractivity contribution in [2.45, 2.75) is 12.3 Å². The summed E-state index contributed by atoms with van der Waals surface area (Å²) in [5.41, 5.74) is 2.65. The van der Waals surface area contributed by atoms with Crippen LogP contribution >= 0.6 is 95.3 Å². The van der Waals surface area contributed by atoms with Gasteiger partial charge in [-0.15, -0.1) is 0 Å². The average Bonchev–Trinajstić information content (AvgIpc) is 3.34. The topological polar surface area (TPSA) is 18.5 Å². The van der Waals surface area contributed by atoms with Crippen molar-refractivity contribution in [2.24, 2.45) is 0 Å². The van der Waals surface area contributed by atoms with E-state index >= 15 is 0 Å². The Kier molecular flexibility index (Phi) is 22.4. The molecule has 0 N–H and O–H groups in total. The minimum absolute atomic E-state index is 0.895. The molecule has 0 amide bonds. The molecule has 0 heterocycles. The molecule has 0 saturated heterocycles. The van der Waals surface area contributed by atoms with Crippen LogP contribution < -0.4 is 41.3 Å². The number of benzene rings is 8. The van der Waals surface area contributed by atoms with Crippen molar-refractivity contribution >= 4 is 127 Å². The first kappa shape index (κ1) is 54.5. The predicted octanol–water partition coefficient (Wildman–Crippen LogP) is 15.9. The summed E-state index contributed by atoms with van der Waals surface area (Å²) in [7, 11) is 34.0. The van der Waals surface area contributed by atoms with E-state index in [1.165, 1.54) is 43.0 Å². The Labute approximate surface area is 430 Å². The Balaban J connectivity index is 0.000000206. The van der Waals surface area contributed by atoms with Crippen LogP contribution in [0.4, 0.5) is 0 Å². The van der Waals surface area contributed by atoms with Crippen molar-refractivity contribution in [3.05, 3.63) is 242 Å². The van der Waals surface area contributed by atoms with E-state index in [1.54, 1.807) is 14.2 Å². The van der Waals surface area contributed by atoms with E-state index < -0.39 is 32.9 Å². The second kappa shape index (κ2) is 27.1. The summed E-state index contributed by atoms with van der Waals surface area (Å²) in [5.74, 6) is 1.79. The molecule has 0 aliphatic carbocycles. The van der Waals surface area contributed by atoms with Gasteiger partial charge in [0.25, 0.3) is 0 Å². The second-order valence-electron chi connectivity index (χ2n) is 14.3. The van der Waals surface area contributed by atoms with Crippen molar-refractivity contribution < 1.29 is 27.9 Å². The zero-order valence-corrected chi connectivity index (χ0v) is 46.0. The summed E-state index contributed by atoms with van der Waals surface area (Å²) in [6, 6.07) is 83.0. The van der Waals surface area contributed by atoms with Crippen LogP contribution in [0.3, 0.4) is 0 Å². The maximum absolute atomic E-state index is 5.36. The van der Waals surface area contributed by atoms with Crippen LogP contribution in [0.25, 0.3) is 0 Å². The van der Waals surface area contributed by atoms with Crippen molar-refractivity contribution in [1.82, 2.24) is 0 Å². The minimum atomic E-state index is -2.74. The number of ether oxygens (including phenoxy) is 2. The van der Waals surface area contributed by atoms with Gasteiger partial charge in [-0.05, 0) is 108 Å². The normalized spacial score (nSPS) is 11.8. The van der Waals surface area contributed by atoms with Gasteiger partial charge in [-0.1, -0.05) is 133 Å². The van der Waals surface area contributed by atoms with Crippen LogP contribution in [0, 0.1) is 0 Å². The average molecular weight is 1160 g/mol. The number of rotatable bonds is 12. The summed E-state index contributed by atoms with van der Waals surface area (Å²) < 4.78 is 10.7. The second-order valence-corrected chi connectivity index (χ2v) is 44.7. The molecule has 0 bridgehead atoms. The molecular weight excluding hydrogens is 1110 g/mol. The van der Waals surface area contributed by atoms with Gasteiger partial charge < -0.3 is 9.47 Å². The summed E-state index contributed by atoms with van der Waals surface area (Å²) >= 11 is 0. The summed E-state index contributed by atoms with van der Waals surface area (Å²) in [6.45, 7) is 0. The van der Waals surface area contributed by atoms with Gasteiger partial charge in [0, 0.05) is 0 Å². The molecule has 0 spiro atoms. The van der Waals surface area contributed by atoms with Gasteiger partial charge in [-0.25, -0.2) is 0 Å². The molecule has 0 atom stereocenters. The van der Waals surface area contributed by atoms with Crippen molar-refractivity contribution in [3.63, 3.8) is 0 Å². The molecule has 0 aromatic heterocycles. The van der Waals surface area contributed by atoms with Crippen LogP contribution in [-0.2, 0) is 30.7 Å². The molecule has 8 aromatic carbocycles. The fourth-order valence-electron chi connectivity index (χ4n) is 7.55. The van der Waals surface area contributed by atoms with E-state index in [4.69, 9.17) is 90.3 Å². The zero-order chi connectivity index (χ0) is 47.5. The van der Waals surface area contributed by atoms with Crippen LogP contribution in [0.2, 0.25) is 0 Å². The number of methoxy groups -OCH3 is 2. The van der Waals surface area contributed by atoms with Gasteiger partial charge in [0.05, 0.1) is 26.5 Å². The van der Waals surface area contributed by atoms with Gasteiger partial charge in [0.1, 0.15) is 57.9 Å². The molecule has 0 aliphatic heterocycles. The summed E-state index contributed by atoms with van der Waals surface area (Å²) in [5, 5.41) is 8.43. The predicted molar refractivity (Wildman–Crippen MR) is 291 cm³/mol. The molecule has 8 aromatic rings. The third-order valence-corrected chi connectivity index (χ3v) is 19.1. The van der Waals surface area contributed by atoms with E-state index in [-0.39, 0.29) is 0 Å². The third kappa shape index (κ3) is 16.9. The molecule has 14 heteroatoms.